The van der Waals surface area contributed by atoms with Crippen LogP contribution < -0.4 is 10.6 Å². The Morgan fingerprint density at radius 2 is 2.35 bits per heavy atom. The summed E-state index contributed by atoms with van der Waals surface area (Å²) in [4.78, 5) is 14.3. The molecule has 3 rings (SSSR count). The quantitative estimate of drug-likeness (QED) is 0.775. The maximum Gasteiger partial charge on any atom is 0.407 e. The summed E-state index contributed by atoms with van der Waals surface area (Å²) in [7, 11) is 1.96. The maximum atomic E-state index is 11.0. The van der Waals surface area contributed by atoms with Crippen molar-refractivity contribution in [3.8, 4) is 0 Å². The third-order valence-electron chi connectivity index (χ3n) is 3.70. The highest BCUT2D eigenvalue weighted by Crippen LogP contribution is 2.21. The van der Waals surface area contributed by atoms with Gasteiger partial charge in [0, 0.05) is 17.1 Å². The number of likely N-dealkylation sites (N-methyl/N-ethyl adjacent to an activating group) is 1. The lowest BCUT2D eigenvalue weighted by molar-refractivity contribution is 0.177. The van der Waals surface area contributed by atoms with Crippen LogP contribution in [-0.4, -0.2) is 37.3 Å². The molecule has 0 aliphatic carbocycles. The minimum absolute atomic E-state index is 0.0830. The van der Waals surface area contributed by atoms with Crippen molar-refractivity contribution in [3.63, 3.8) is 0 Å². The number of carbonyl (C=O) groups excluding carboxylic acids is 1. The molecule has 0 radical (unpaired) electrons. The van der Waals surface area contributed by atoms with E-state index in [4.69, 9.17) is 4.74 Å². The first-order valence-corrected chi connectivity index (χ1v) is 6.93. The third-order valence-corrected chi connectivity index (χ3v) is 3.70. The summed E-state index contributed by atoms with van der Waals surface area (Å²) in [5.41, 5.74) is 3.70. The first kappa shape index (κ1) is 13.0. The largest absolute Gasteiger partial charge is 0.447 e. The van der Waals surface area contributed by atoms with Crippen molar-refractivity contribution in [2.24, 2.45) is 0 Å². The molecule has 2 aromatic rings. The summed E-state index contributed by atoms with van der Waals surface area (Å²) in [5.74, 6) is 0. The predicted molar refractivity (Wildman–Crippen MR) is 77.9 cm³/mol. The van der Waals surface area contributed by atoms with Gasteiger partial charge in [-0.15, -0.1) is 0 Å². The number of hydrogen-bond donors (Lipinski definition) is 3. The second kappa shape index (κ2) is 5.54. The van der Waals surface area contributed by atoms with Gasteiger partial charge in [0.2, 0.25) is 0 Å². The molecule has 1 saturated heterocycles. The molecule has 1 unspecified atom stereocenters. The van der Waals surface area contributed by atoms with E-state index >= 15 is 0 Å². The van der Waals surface area contributed by atoms with Crippen LogP contribution in [0, 0.1) is 0 Å². The van der Waals surface area contributed by atoms with Gasteiger partial charge in [-0.25, -0.2) is 4.79 Å². The van der Waals surface area contributed by atoms with Crippen LogP contribution in [0.1, 0.15) is 11.1 Å². The average molecular weight is 273 g/mol. The van der Waals surface area contributed by atoms with Crippen LogP contribution in [-0.2, 0) is 17.6 Å². The van der Waals surface area contributed by atoms with Crippen molar-refractivity contribution >= 4 is 17.0 Å². The molecule has 2 heterocycles. The van der Waals surface area contributed by atoms with E-state index in [0.29, 0.717) is 6.61 Å². The van der Waals surface area contributed by atoms with E-state index in [1.165, 1.54) is 16.5 Å². The first-order valence-electron chi connectivity index (χ1n) is 6.93. The number of ether oxygens (including phenoxy) is 1. The fraction of sp³-hybridized carbons (Fsp3) is 0.400. The van der Waals surface area contributed by atoms with Crippen molar-refractivity contribution in [2.75, 3.05) is 20.2 Å². The van der Waals surface area contributed by atoms with Crippen molar-refractivity contribution in [2.45, 2.75) is 18.9 Å². The number of alkyl carbamates (subject to hydrolysis) is 1. The van der Waals surface area contributed by atoms with Crippen LogP contribution in [0.4, 0.5) is 4.79 Å². The fourth-order valence-electron chi connectivity index (χ4n) is 2.64. The van der Waals surface area contributed by atoms with Gasteiger partial charge >= 0.3 is 6.09 Å². The Morgan fingerprint density at radius 1 is 1.45 bits per heavy atom. The number of aromatic nitrogens is 1. The van der Waals surface area contributed by atoms with E-state index in [9.17, 15) is 4.79 Å². The standard InChI is InChI=1S/C15H19N3O2/c1-16-5-4-11-8-17-14-3-2-10(7-13(11)14)6-12-9-20-15(19)18-12/h2-3,7-8,12,16-17H,4-6,9H2,1H3,(H,18,19). The Morgan fingerprint density at radius 3 is 3.10 bits per heavy atom. The number of H-pyrrole nitrogens is 1. The van der Waals surface area contributed by atoms with E-state index in [-0.39, 0.29) is 12.1 Å². The number of hydrogen-bond acceptors (Lipinski definition) is 3. The van der Waals surface area contributed by atoms with Gasteiger partial charge in [0.1, 0.15) is 6.61 Å². The molecule has 1 atom stereocenters. The normalized spacial score (nSPS) is 18.2. The molecule has 5 heteroatoms. The zero-order valence-electron chi connectivity index (χ0n) is 11.5. The first-order chi connectivity index (χ1) is 9.76. The van der Waals surface area contributed by atoms with Gasteiger partial charge in [0.05, 0.1) is 6.04 Å². The Labute approximate surface area is 117 Å². The molecule has 20 heavy (non-hydrogen) atoms. The lowest BCUT2D eigenvalue weighted by atomic mass is 10.0. The predicted octanol–water partition coefficient (Wildman–Crippen LogP) is 1.58. The van der Waals surface area contributed by atoms with Crippen LogP contribution in [0.25, 0.3) is 10.9 Å². The van der Waals surface area contributed by atoms with Gasteiger partial charge in [0.25, 0.3) is 0 Å². The van der Waals surface area contributed by atoms with Crippen molar-refractivity contribution in [1.29, 1.82) is 0 Å². The Kier molecular flexibility index (Phi) is 3.60. The second-order valence-electron chi connectivity index (χ2n) is 5.19. The Hall–Kier alpha value is -2.01. The highest BCUT2D eigenvalue weighted by Gasteiger charge is 2.22. The van der Waals surface area contributed by atoms with E-state index in [1.54, 1.807) is 0 Å². The zero-order valence-corrected chi connectivity index (χ0v) is 11.5. The lowest BCUT2D eigenvalue weighted by Crippen LogP contribution is -2.28. The topological polar surface area (TPSA) is 66.1 Å². The number of carbonyl (C=O) groups is 1. The van der Waals surface area contributed by atoms with Crippen LogP contribution >= 0.6 is 0 Å². The number of cyclic esters (lactones) is 1. The molecule has 0 spiro atoms. The van der Waals surface area contributed by atoms with Crippen LogP contribution in [0.2, 0.25) is 0 Å². The summed E-state index contributed by atoms with van der Waals surface area (Å²) in [6, 6.07) is 6.50. The number of nitrogens with one attached hydrogen (secondary N) is 3. The van der Waals surface area contributed by atoms with Crippen LogP contribution in [0.15, 0.2) is 24.4 Å². The highest BCUT2D eigenvalue weighted by atomic mass is 16.6. The van der Waals surface area contributed by atoms with E-state index in [0.717, 1.165) is 24.9 Å². The minimum Gasteiger partial charge on any atom is -0.447 e. The molecule has 106 valence electrons. The SMILES string of the molecule is CNCCc1c[nH]c2ccc(CC3COC(=O)N3)cc12. The Bertz CT molecular complexity index is 621. The summed E-state index contributed by atoms with van der Waals surface area (Å²) in [5, 5.41) is 7.25. The molecule has 1 aliphatic rings. The second-order valence-corrected chi connectivity index (χ2v) is 5.19. The van der Waals surface area contributed by atoms with Crippen molar-refractivity contribution < 1.29 is 9.53 Å². The summed E-state index contributed by atoms with van der Waals surface area (Å²) in [6.45, 7) is 1.42. The van der Waals surface area contributed by atoms with E-state index in [2.05, 4.69) is 40.0 Å². The molecular formula is C15H19N3O2. The summed E-state index contributed by atoms with van der Waals surface area (Å²) < 4.78 is 4.92. The zero-order chi connectivity index (χ0) is 13.9. The van der Waals surface area contributed by atoms with E-state index in [1.807, 2.05) is 7.05 Å². The number of rotatable bonds is 5. The fourth-order valence-corrected chi connectivity index (χ4v) is 2.64. The molecular weight excluding hydrogens is 254 g/mol. The molecule has 0 saturated carbocycles. The van der Waals surface area contributed by atoms with Gasteiger partial charge in [-0.2, -0.15) is 0 Å². The van der Waals surface area contributed by atoms with Crippen LogP contribution in [0.3, 0.4) is 0 Å². The average Bonchev–Trinajstić information content (AvgIpc) is 3.03. The highest BCUT2D eigenvalue weighted by molar-refractivity contribution is 5.84. The number of fused-ring (bicyclic) bond motifs is 1. The number of amides is 1. The Balaban J connectivity index is 1.79. The molecule has 1 fully saturated rings. The molecule has 0 bridgehead atoms. The van der Waals surface area contributed by atoms with Crippen LogP contribution in [0.5, 0.6) is 0 Å². The summed E-state index contributed by atoms with van der Waals surface area (Å²) >= 11 is 0. The molecule has 1 aliphatic heterocycles. The van der Waals surface area contributed by atoms with Crippen molar-refractivity contribution in [1.82, 2.24) is 15.6 Å². The smallest absolute Gasteiger partial charge is 0.407 e. The number of benzene rings is 1. The molecule has 1 aromatic carbocycles. The molecule has 1 amide bonds. The third kappa shape index (κ3) is 2.63. The van der Waals surface area contributed by atoms with Gasteiger partial charge in [-0.05, 0) is 49.7 Å². The molecule has 5 nitrogen and oxygen atoms in total. The van der Waals surface area contributed by atoms with E-state index < -0.39 is 0 Å². The summed E-state index contributed by atoms with van der Waals surface area (Å²) in [6.07, 6.45) is 3.57. The monoisotopic (exact) mass is 273 g/mol. The van der Waals surface area contributed by atoms with Gasteiger partial charge in [-0.1, -0.05) is 6.07 Å². The minimum atomic E-state index is -0.313. The molecule has 3 N–H and O–H groups in total. The van der Waals surface area contributed by atoms with Gasteiger partial charge in [-0.3, -0.25) is 0 Å². The number of aromatic amines is 1. The van der Waals surface area contributed by atoms with Gasteiger partial charge < -0.3 is 20.4 Å². The van der Waals surface area contributed by atoms with Gasteiger partial charge in [0.15, 0.2) is 0 Å². The maximum absolute atomic E-state index is 11.0. The lowest BCUT2D eigenvalue weighted by Gasteiger charge is -2.08. The molecule has 1 aromatic heterocycles. The van der Waals surface area contributed by atoms with Crippen molar-refractivity contribution in [3.05, 3.63) is 35.5 Å².